The Bertz CT molecular complexity index is 722. The number of nitrogens with zero attached hydrogens (tertiary/aromatic N) is 3. The Morgan fingerprint density at radius 2 is 1.57 bits per heavy atom. The predicted octanol–water partition coefficient (Wildman–Crippen LogP) is 4.08. The SMILES string of the molecule is CCCN(CCN1CCN(c2ccccc2)CC1)C1CCc2ccccc2C1. The lowest BCUT2D eigenvalue weighted by molar-refractivity contribution is 0.145. The smallest absolute Gasteiger partial charge is 0.0367 e. The first-order chi connectivity index (χ1) is 13.8. The van der Waals surface area contributed by atoms with Crippen molar-refractivity contribution in [1.82, 2.24) is 9.80 Å². The second kappa shape index (κ2) is 9.58. The number of anilines is 1. The first-order valence-electron chi connectivity index (χ1n) is 11.2. The molecule has 3 heteroatoms. The molecular weight excluding hydrogens is 342 g/mol. The van der Waals surface area contributed by atoms with Crippen LogP contribution in [-0.2, 0) is 12.8 Å². The van der Waals surface area contributed by atoms with E-state index in [-0.39, 0.29) is 0 Å². The van der Waals surface area contributed by atoms with Crippen LogP contribution in [0.25, 0.3) is 0 Å². The number of hydrogen-bond donors (Lipinski definition) is 0. The van der Waals surface area contributed by atoms with Crippen molar-refractivity contribution >= 4 is 5.69 Å². The number of benzene rings is 2. The van der Waals surface area contributed by atoms with Crippen molar-refractivity contribution in [1.29, 1.82) is 0 Å². The fraction of sp³-hybridized carbons (Fsp3) is 0.520. The second-order valence-corrected chi connectivity index (χ2v) is 8.37. The minimum atomic E-state index is 0.723. The van der Waals surface area contributed by atoms with Gasteiger partial charge < -0.3 is 4.90 Å². The van der Waals surface area contributed by atoms with E-state index in [2.05, 4.69) is 76.2 Å². The van der Waals surface area contributed by atoms with E-state index in [0.717, 1.165) is 19.1 Å². The van der Waals surface area contributed by atoms with Gasteiger partial charge in [0.1, 0.15) is 0 Å². The van der Waals surface area contributed by atoms with Crippen molar-refractivity contribution in [2.45, 2.75) is 38.6 Å². The third-order valence-electron chi connectivity index (χ3n) is 6.55. The Kier molecular flexibility index (Phi) is 6.66. The molecule has 0 bridgehead atoms. The second-order valence-electron chi connectivity index (χ2n) is 8.37. The van der Waals surface area contributed by atoms with Gasteiger partial charge in [-0.1, -0.05) is 49.4 Å². The lowest BCUT2D eigenvalue weighted by atomic mass is 9.87. The van der Waals surface area contributed by atoms with Gasteiger partial charge in [0.2, 0.25) is 0 Å². The molecule has 4 rings (SSSR count). The highest BCUT2D eigenvalue weighted by molar-refractivity contribution is 5.46. The van der Waals surface area contributed by atoms with E-state index >= 15 is 0 Å². The lowest BCUT2D eigenvalue weighted by Gasteiger charge is -2.39. The quantitative estimate of drug-likeness (QED) is 0.720. The van der Waals surface area contributed by atoms with Crippen LogP contribution in [0, 0.1) is 0 Å². The molecule has 1 atom stereocenters. The predicted molar refractivity (Wildman–Crippen MR) is 119 cm³/mol. The zero-order valence-corrected chi connectivity index (χ0v) is 17.4. The molecule has 1 unspecified atom stereocenters. The van der Waals surface area contributed by atoms with Crippen LogP contribution in [0.5, 0.6) is 0 Å². The Labute approximate surface area is 171 Å². The molecule has 0 amide bonds. The molecule has 1 aliphatic heterocycles. The zero-order chi connectivity index (χ0) is 19.2. The van der Waals surface area contributed by atoms with E-state index < -0.39 is 0 Å². The molecule has 3 nitrogen and oxygen atoms in total. The highest BCUT2D eigenvalue weighted by Crippen LogP contribution is 2.25. The number of hydrogen-bond acceptors (Lipinski definition) is 3. The molecule has 0 aromatic heterocycles. The molecule has 0 saturated carbocycles. The Morgan fingerprint density at radius 1 is 0.857 bits per heavy atom. The van der Waals surface area contributed by atoms with Crippen LogP contribution in [0.1, 0.15) is 30.9 Å². The monoisotopic (exact) mass is 377 g/mol. The standard InChI is InChI=1S/C25H35N3/c1-2-14-27(25-13-12-22-8-6-7-9-23(22)21-25)18-15-26-16-19-28(20-17-26)24-10-4-3-5-11-24/h3-11,25H,2,12-21H2,1H3. The van der Waals surface area contributed by atoms with Crippen LogP contribution < -0.4 is 4.90 Å². The highest BCUT2D eigenvalue weighted by atomic mass is 15.3. The number of rotatable bonds is 7. The lowest BCUT2D eigenvalue weighted by Crippen LogP contribution is -2.50. The Balaban J connectivity index is 1.28. The maximum atomic E-state index is 2.78. The molecule has 0 radical (unpaired) electrons. The zero-order valence-electron chi connectivity index (χ0n) is 17.4. The van der Waals surface area contributed by atoms with E-state index in [4.69, 9.17) is 0 Å². The summed E-state index contributed by atoms with van der Waals surface area (Å²) in [5, 5.41) is 0. The van der Waals surface area contributed by atoms with Crippen molar-refractivity contribution in [3.8, 4) is 0 Å². The average molecular weight is 378 g/mol. The van der Waals surface area contributed by atoms with Gasteiger partial charge in [0, 0.05) is 51.0 Å². The van der Waals surface area contributed by atoms with Crippen molar-refractivity contribution in [3.05, 3.63) is 65.7 Å². The Hall–Kier alpha value is -1.84. The van der Waals surface area contributed by atoms with Crippen molar-refractivity contribution in [2.75, 3.05) is 50.7 Å². The summed E-state index contributed by atoms with van der Waals surface area (Å²) in [6.45, 7) is 10.6. The molecule has 1 saturated heterocycles. The van der Waals surface area contributed by atoms with Gasteiger partial charge in [-0.15, -0.1) is 0 Å². The van der Waals surface area contributed by atoms with Gasteiger partial charge in [-0.05, 0) is 55.5 Å². The molecule has 28 heavy (non-hydrogen) atoms. The largest absolute Gasteiger partial charge is 0.369 e. The van der Waals surface area contributed by atoms with E-state index in [0.29, 0.717) is 0 Å². The molecule has 1 fully saturated rings. The van der Waals surface area contributed by atoms with Gasteiger partial charge in [-0.2, -0.15) is 0 Å². The van der Waals surface area contributed by atoms with Gasteiger partial charge in [-0.3, -0.25) is 9.80 Å². The normalized spacial score (nSPS) is 20.4. The summed E-state index contributed by atoms with van der Waals surface area (Å²) in [5.41, 5.74) is 4.53. The van der Waals surface area contributed by atoms with Crippen LogP contribution in [0.15, 0.2) is 54.6 Å². The fourth-order valence-corrected chi connectivity index (χ4v) is 4.89. The number of piperazine rings is 1. The molecule has 2 aromatic rings. The van der Waals surface area contributed by atoms with Crippen LogP contribution in [0.3, 0.4) is 0 Å². The van der Waals surface area contributed by atoms with Gasteiger partial charge in [0.15, 0.2) is 0 Å². The minimum Gasteiger partial charge on any atom is -0.369 e. The van der Waals surface area contributed by atoms with Crippen LogP contribution >= 0.6 is 0 Å². The molecule has 1 heterocycles. The first-order valence-corrected chi connectivity index (χ1v) is 11.2. The number of fused-ring (bicyclic) bond motifs is 1. The fourth-order valence-electron chi connectivity index (χ4n) is 4.89. The van der Waals surface area contributed by atoms with Crippen LogP contribution in [0.2, 0.25) is 0 Å². The highest BCUT2D eigenvalue weighted by Gasteiger charge is 2.24. The third kappa shape index (κ3) is 4.76. The summed E-state index contributed by atoms with van der Waals surface area (Å²) >= 11 is 0. The maximum Gasteiger partial charge on any atom is 0.0367 e. The van der Waals surface area contributed by atoms with Crippen molar-refractivity contribution in [3.63, 3.8) is 0 Å². The van der Waals surface area contributed by atoms with E-state index in [1.807, 2.05) is 0 Å². The molecule has 0 N–H and O–H groups in total. The first kappa shape index (κ1) is 19.5. The topological polar surface area (TPSA) is 9.72 Å². The van der Waals surface area contributed by atoms with Gasteiger partial charge in [0.25, 0.3) is 0 Å². The van der Waals surface area contributed by atoms with Crippen molar-refractivity contribution in [2.24, 2.45) is 0 Å². The summed E-state index contributed by atoms with van der Waals surface area (Å²) in [6, 6.07) is 20.6. The van der Waals surface area contributed by atoms with Gasteiger partial charge in [-0.25, -0.2) is 0 Å². The number of aryl methyl sites for hydroxylation is 1. The summed E-state index contributed by atoms with van der Waals surface area (Å²) in [6.07, 6.45) is 5.05. The van der Waals surface area contributed by atoms with E-state index in [9.17, 15) is 0 Å². The maximum absolute atomic E-state index is 2.78. The summed E-state index contributed by atoms with van der Waals surface area (Å²) in [4.78, 5) is 7.97. The molecule has 150 valence electrons. The molecule has 0 spiro atoms. The molecule has 1 aliphatic carbocycles. The third-order valence-corrected chi connectivity index (χ3v) is 6.55. The van der Waals surface area contributed by atoms with E-state index in [1.165, 1.54) is 64.1 Å². The van der Waals surface area contributed by atoms with Crippen LogP contribution in [0.4, 0.5) is 5.69 Å². The molecule has 2 aliphatic rings. The summed E-state index contributed by atoms with van der Waals surface area (Å²) in [5.74, 6) is 0. The van der Waals surface area contributed by atoms with Gasteiger partial charge in [0.05, 0.1) is 0 Å². The van der Waals surface area contributed by atoms with Crippen molar-refractivity contribution < 1.29 is 0 Å². The minimum absolute atomic E-state index is 0.723. The average Bonchev–Trinajstić information content (AvgIpc) is 2.77. The Morgan fingerprint density at radius 3 is 2.32 bits per heavy atom. The van der Waals surface area contributed by atoms with Gasteiger partial charge >= 0.3 is 0 Å². The summed E-state index contributed by atoms with van der Waals surface area (Å²) < 4.78 is 0. The molecule has 2 aromatic carbocycles. The summed E-state index contributed by atoms with van der Waals surface area (Å²) in [7, 11) is 0. The number of para-hydroxylation sites is 1. The van der Waals surface area contributed by atoms with Crippen LogP contribution in [-0.4, -0.2) is 61.7 Å². The molecular formula is C25H35N3. The van der Waals surface area contributed by atoms with E-state index in [1.54, 1.807) is 11.1 Å².